The second kappa shape index (κ2) is 19.3. The molecule has 1 saturated heterocycles. The number of carbonyl (C=O) groups excluding carboxylic acids is 1. The molecule has 0 bridgehead atoms. The Balaban J connectivity index is 3.06. The predicted molar refractivity (Wildman–Crippen MR) is 164 cm³/mol. The second-order valence-corrected chi connectivity index (χ2v) is 9.48. The molecule has 212 valence electrons. The maximum atomic E-state index is 13.0. The summed E-state index contributed by atoms with van der Waals surface area (Å²) in [7, 11) is 0. The minimum Gasteiger partial charge on any atom is -0.481 e. The molecule has 1 amide bonds. The number of rotatable bonds is 14. The topological polar surface area (TPSA) is 85.6 Å². The summed E-state index contributed by atoms with van der Waals surface area (Å²) in [6, 6.07) is 0. The molecule has 7 nitrogen and oxygen atoms in total. The van der Waals surface area contributed by atoms with Crippen LogP contribution < -0.4 is 0 Å². The number of carbonyl (C=O) groups is 2. The molecular formula is C32H46N4O3. The van der Waals surface area contributed by atoms with Crippen LogP contribution in [-0.4, -0.2) is 64.9 Å². The van der Waals surface area contributed by atoms with E-state index in [0.717, 1.165) is 24.4 Å². The van der Waals surface area contributed by atoms with Crippen LogP contribution in [0.3, 0.4) is 0 Å². The second-order valence-electron chi connectivity index (χ2n) is 9.48. The molecule has 1 rings (SSSR count). The molecule has 0 saturated carbocycles. The van der Waals surface area contributed by atoms with Gasteiger partial charge in [-0.05, 0) is 83.4 Å². The summed E-state index contributed by atoms with van der Waals surface area (Å²) < 4.78 is 0. The molecule has 1 N–H and O–H groups in total. The zero-order valence-corrected chi connectivity index (χ0v) is 24.5. The van der Waals surface area contributed by atoms with E-state index in [1.165, 1.54) is 0 Å². The largest absolute Gasteiger partial charge is 0.481 e. The first-order chi connectivity index (χ1) is 18.7. The zero-order chi connectivity index (χ0) is 29.0. The molecule has 1 aliphatic heterocycles. The van der Waals surface area contributed by atoms with Gasteiger partial charge in [0, 0.05) is 50.6 Å². The van der Waals surface area contributed by atoms with Crippen molar-refractivity contribution in [2.24, 2.45) is 15.9 Å². The third-order valence-electron chi connectivity index (χ3n) is 6.25. The summed E-state index contributed by atoms with van der Waals surface area (Å²) in [5.41, 5.74) is 3.19. The van der Waals surface area contributed by atoms with E-state index in [0.29, 0.717) is 37.3 Å². The molecule has 0 aliphatic carbocycles. The Morgan fingerprint density at radius 3 is 2.21 bits per heavy atom. The average Bonchev–Trinajstić information content (AvgIpc) is 2.91. The van der Waals surface area contributed by atoms with Gasteiger partial charge in [0.05, 0.1) is 11.4 Å². The average molecular weight is 535 g/mol. The highest BCUT2D eigenvalue weighted by Gasteiger charge is 2.17. The molecule has 7 heteroatoms. The van der Waals surface area contributed by atoms with Crippen molar-refractivity contribution in [2.45, 2.75) is 60.8 Å². The zero-order valence-electron chi connectivity index (χ0n) is 24.5. The van der Waals surface area contributed by atoms with Crippen LogP contribution in [0.25, 0.3) is 0 Å². The van der Waals surface area contributed by atoms with Crippen molar-refractivity contribution in [3.8, 4) is 0 Å². The van der Waals surface area contributed by atoms with Crippen LogP contribution in [0, 0.1) is 5.92 Å². The summed E-state index contributed by atoms with van der Waals surface area (Å²) in [4.78, 5) is 37.5. The number of allylic oxidation sites excluding steroid dienone is 10. The lowest BCUT2D eigenvalue weighted by atomic mass is 10.0. The lowest BCUT2D eigenvalue weighted by molar-refractivity contribution is -0.138. The van der Waals surface area contributed by atoms with Gasteiger partial charge in [-0.3, -0.25) is 19.6 Å². The Hall–Kier alpha value is -3.74. The van der Waals surface area contributed by atoms with Gasteiger partial charge in [0.1, 0.15) is 0 Å². The molecular weight excluding hydrogens is 488 g/mol. The van der Waals surface area contributed by atoms with E-state index in [-0.39, 0.29) is 18.2 Å². The third-order valence-corrected chi connectivity index (χ3v) is 6.25. The summed E-state index contributed by atoms with van der Waals surface area (Å²) in [5, 5.41) is 9.00. The number of piperazine rings is 1. The van der Waals surface area contributed by atoms with Crippen molar-refractivity contribution >= 4 is 23.8 Å². The molecule has 0 spiro atoms. The van der Waals surface area contributed by atoms with E-state index in [2.05, 4.69) is 16.1 Å². The number of hydrogen-bond acceptors (Lipinski definition) is 5. The van der Waals surface area contributed by atoms with Crippen molar-refractivity contribution < 1.29 is 14.7 Å². The summed E-state index contributed by atoms with van der Waals surface area (Å²) in [5.74, 6) is -0.789. The van der Waals surface area contributed by atoms with Crippen molar-refractivity contribution in [1.82, 2.24) is 9.80 Å². The molecule has 0 radical (unpaired) electrons. The fourth-order valence-electron chi connectivity index (χ4n) is 3.69. The number of carboxylic acid groups (broad SMARTS) is 1. The Kier molecular flexibility index (Phi) is 16.5. The summed E-state index contributed by atoms with van der Waals surface area (Å²) >= 11 is 0. The van der Waals surface area contributed by atoms with Crippen LogP contribution in [0.4, 0.5) is 0 Å². The highest BCUT2D eigenvalue weighted by atomic mass is 16.4. The van der Waals surface area contributed by atoms with E-state index in [4.69, 9.17) is 10.1 Å². The number of carboxylic acids is 1. The summed E-state index contributed by atoms with van der Waals surface area (Å²) in [6.45, 7) is 14.6. The standard InChI is InChI=1S/C32H46N4O3/c1-7-10-11-12-13-20-35-21-23-36(24-22-35)31(37)18-17-29(33-19-14-16-26(4)25-32(38)39)30(15-8-2)34-28(6)27(5)9-3/h7-13,15,17-20,26H,14,16,21-25H2,1-6H3,(H,38,39)/b10-7-,12-11-,15-8-,18-17+,20-13+,27-9+,30-29-,33-19+,34-28+. The lowest BCUT2D eigenvalue weighted by Gasteiger charge is -2.33. The molecule has 0 aromatic heterocycles. The van der Waals surface area contributed by atoms with E-state index >= 15 is 0 Å². The van der Waals surface area contributed by atoms with Gasteiger partial charge in [-0.1, -0.05) is 43.4 Å². The smallest absolute Gasteiger partial charge is 0.303 e. The minimum atomic E-state index is -0.793. The van der Waals surface area contributed by atoms with Gasteiger partial charge >= 0.3 is 5.97 Å². The number of aliphatic carboxylic acids is 1. The first-order valence-corrected chi connectivity index (χ1v) is 13.7. The monoisotopic (exact) mass is 534 g/mol. The molecule has 0 aromatic rings. The molecule has 1 fully saturated rings. The number of hydrogen-bond donors (Lipinski definition) is 1. The number of aliphatic imine (C=N–C) groups is 2. The van der Waals surface area contributed by atoms with Crippen molar-refractivity contribution in [2.75, 3.05) is 26.2 Å². The lowest BCUT2D eigenvalue weighted by Crippen LogP contribution is -2.46. The van der Waals surface area contributed by atoms with E-state index in [9.17, 15) is 9.59 Å². The molecule has 39 heavy (non-hydrogen) atoms. The highest BCUT2D eigenvalue weighted by Crippen LogP contribution is 2.16. The first kappa shape index (κ1) is 33.3. The number of amides is 1. The highest BCUT2D eigenvalue weighted by molar-refractivity contribution is 5.98. The van der Waals surface area contributed by atoms with Crippen molar-refractivity contribution in [1.29, 1.82) is 0 Å². The van der Waals surface area contributed by atoms with Gasteiger partial charge in [0.15, 0.2) is 0 Å². The van der Waals surface area contributed by atoms with Gasteiger partial charge in [-0.2, -0.15) is 0 Å². The van der Waals surface area contributed by atoms with Gasteiger partial charge in [-0.25, -0.2) is 0 Å². The quantitative estimate of drug-likeness (QED) is 0.156. The SMILES string of the molecule is C\C=C/C=C\C=C\N1CCN(C(=O)/C=C/C(/N=C/CCC(C)CC(=O)O)=C(\C=C/C)/N=C(C)/C(C)=C/C)CC1. The normalized spacial score (nSPS) is 17.6. The maximum Gasteiger partial charge on any atom is 0.303 e. The Morgan fingerprint density at radius 1 is 0.897 bits per heavy atom. The van der Waals surface area contributed by atoms with E-state index < -0.39 is 5.97 Å². The fourth-order valence-corrected chi connectivity index (χ4v) is 3.69. The number of nitrogens with zero attached hydrogens (tertiary/aromatic N) is 4. The molecule has 1 heterocycles. The van der Waals surface area contributed by atoms with E-state index in [1.807, 2.05) is 95.1 Å². The Bertz CT molecular complexity index is 1060. The maximum absolute atomic E-state index is 13.0. The van der Waals surface area contributed by atoms with Crippen molar-refractivity contribution in [3.63, 3.8) is 0 Å². The van der Waals surface area contributed by atoms with Crippen LogP contribution >= 0.6 is 0 Å². The fraction of sp³-hybridized carbons (Fsp3) is 0.438. The van der Waals surface area contributed by atoms with Crippen LogP contribution in [0.1, 0.15) is 60.8 Å². The van der Waals surface area contributed by atoms with Crippen LogP contribution in [0.2, 0.25) is 0 Å². The van der Waals surface area contributed by atoms with Crippen LogP contribution in [-0.2, 0) is 9.59 Å². The van der Waals surface area contributed by atoms with Gasteiger partial charge in [0.2, 0.25) is 5.91 Å². The molecule has 1 unspecified atom stereocenters. The van der Waals surface area contributed by atoms with Crippen molar-refractivity contribution in [3.05, 3.63) is 83.9 Å². The van der Waals surface area contributed by atoms with Gasteiger partial charge in [0.25, 0.3) is 0 Å². The predicted octanol–water partition coefficient (Wildman–Crippen LogP) is 6.51. The van der Waals surface area contributed by atoms with Crippen LogP contribution in [0.5, 0.6) is 0 Å². The van der Waals surface area contributed by atoms with Crippen LogP contribution in [0.15, 0.2) is 93.9 Å². The third kappa shape index (κ3) is 14.1. The molecule has 0 aromatic carbocycles. The molecule has 1 aliphatic rings. The van der Waals surface area contributed by atoms with Gasteiger partial charge < -0.3 is 14.9 Å². The molecule has 1 atom stereocenters. The Morgan fingerprint density at radius 2 is 1.59 bits per heavy atom. The Labute approximate surface area is 235 Å². The van der Waals surface area contributed by atoms with E-state index in [1.54, 1.807) is 18.4 Å². The minimum absolute atomic E-state index is 0.0560. The van der Waals surface area contributed by atoms with Gasteiger partial charge in [-0.15, -0.1) is 0 Å². The first-order valence-electron chi connectivity index (χ1n) is 13.7. The summed E-state index contributed by atoms with van der Waals surface area (Å²) in [6.07, 6.45) is 24.4.